The van der Waals surface area contributed by atoms with Gasteiger partial charge in [0.15, 0.2) is 0 Å². The predicted octanol–water partition coefficient (Wildman–Crippen LogP) is 1.73. The largest absolute Gasteiger partial charge is 0.373 e. The maximum Gasteiger partial charge on any atom is 0.345 e. The SMILES string of the molecule is Cc1cc(C(=O)NC[C@@H]2CCO[C@H]2c2ccc(F)cc2)nc(=O)[nH]1. The summed E-state index contributed by atoms with van der Waals surface area (Å²) in [4.78, 5) is 29.7. The van der Waals surface area contributed by atoms with Crippen molar-refractivity contribution >= 4 is 5.91 Å². The van der Waals surface area contributed by atoms with E-state index in [1.54, 1.807) is 19.1 Å². The van der Waals surface area contributed by atoms with Crippen LogP contribution in [0.15, 0.2) is 35.1 Å². The number of carbonyl (C=O) groups is 1. The Kier molecular flexibility index (Phi) is 4.71. The Morgan fingerprint density at radius 3 is 2.88 bits per heavy atom. The number of ether oxygens (including phenoxy) is 1. The number of benzene rings is 1. The molecule has 1 fully saturated rings. The van der Waals surface area contributed by atoms with Gasteiger partial charge in [-0.1, -0.05) is 12.1 Å². The van der Waals surface area contributed by atoms with Crippen molar-refractivity contribution in [1.82, 2.24) is 15.3 Å². The molecule has 1 aliphatic heterocycles. The zero-order valence-electron chi connectivity index (χ0n) is 13.2. The average molecular weight is 331 g/mol. The summed E-state index contributed by atoms with van der Waals surface area (Å²) in [5.41, 5.74) is 1.01. The van der Waals surface area contributed by atoms with Crippen molar-refractivity contribution in [2.45, 2.75) is 19.4 Å². The van der Waals surface area contributed by atoms with E-state index >= 15 is 0 Å². The number of amides is 1. The number of carbonyl (C=O) groups excluding carboxylic acids is 1. The van der Waals surface area contributed by atoms with E-state index in [0.29, 0.717) is 18.8 Å². The summed E-state index contributed by atoms with van der Waals surface area (Å²) in [6.45, 7) is 2.68. The van der Waals surface area contributed by atoms with Crippen molar-refractivity contribution in [2.24, 2.45) is 5.92 Å². The monoisotopic (exact) mass is 331 g/mol. The van der Waals surface area contributed by atoms with E-state index in [-0.39, 0.29) is 23.5 Å². The predicted molar refractivity (Wildman–Crippen MR) is 85.1 cm³/mol. The van der Waals surface area contributed by atoms with Gasteiger partial charge in [-0.05, 0) is 37.1 Å². The molecule has 1 aromatic heterocycles. The minimum absolute atomic E-state index is 0.0857. The van der Waals surface area contributed by atoms with Crippen LogP contribution in [0.3, 0.4) is 0 Å². The molecular weight excluding hydrogens is 313 g/mol. The van der Waals surface area contributed by atoms with E-state index in [2.05, 4.69) is 15.3 Å². The van der Waals surface area contributed by atoms with Gasteiger partial charge in [0, 0.05) is 24.8 Å². The van der Waals surface area contributed by atoms with Gasteiger partial charge in [0.05, 0.1) is 6.10 Å². The van der Waals surface area contributed by atoms with Gasteiger partial charge < -0.3 is 15.0 Å². The summed E-state index contributed by atoms with van der Waals surface area (Å²) in [7, 11) is 0. The summed E-state index contributed by atoms with van der Waals surface area (Å²) >= 11 is 0. The third kappa shape index (κ3) is 3.68. The summed E-state index contributed by atoms with van der Waals surface area (Å²) in [6, 6.07) is 7.72. The highest BCUT2D eigenvalue weighted by Gasteiger charge is 2.30. The van der Waals surface area contributed by atoms with Crippen LogP contribution in [0.5, 0.6) is 0 Å². The molecule has 3 rings (SSSR count). The van der Waals surface area contributed by atoms with Crippen LogP contribution in [0.2, 0.25) is 0 Å². The summed E-state index contributed by atoms with van der Waals surface area (Å²) in [5.74, 6) is -0.603. The molecular formula is C17H18FN3O3. The molecule has 0 aliphatic carbocycles. The Hall–Kier alpha value is -2.54. The smallest absolute Gasteiger partial charge is 0.345 e. The first-order valence-electron chi connectivity index (χ1n) is 7.76. The molecule has 1 saturated heterocycles. The van der Waals surface area contributed by atoms with Crippen molar-refractivity contribution in [3.63, 3.8) is 0 Å². The first kappa shape index (κ1) is 16.3. The van der Waals surface area contributed by atoms with Gasteiger partial charge in [0.1, 0.15) is 11.5 Å². The number of aromatic amines is 1. The fourth-order valence-electron chi connectivity index (χ4n) is 2.87. The fourth-order valence-corrected chi connectivity index (χ4v) is 2.87. The third-order valence-electron chi connectivity index (χ3n) is 4.05. The molecule has 1 amide bonds. The number of hydrogen-bond acceptors (Lipinski definition) is 4. The molecule has 0 unspecified atom stereocenters. The highest BCUT2D eigenvalue weighted by Crippen LogP contribution is 2.34. The Morgan fingerprint density at radius 1 is 1.42 bits per heavy atom. The lowest BCUT2D eigenvalue weighted by Crippen LogP contribution is -2.32. The molecule has 1 aliphatic rings. The van der Waals surface area contributed by atoms with E-state index < -0.39 is 11.6 Å². The Labute approximate surface area is 138 Å². The third-order valence-corrected chi connectivity index (χ3v) is 4.05. The molecule has 2 N–H and O–H groups in total. The van der Waals surface area contributed by atoms with Crippen molar-refractivity contribution in [2.75, 3.05) is 13.2 Å². The molecule has 0 radical (unpaired) electrons. The second-order valence-corrected chi connectivity index (χ2v) is 5.86. The molecule has 2 aromatic rings. The van der Waals surface area contributed by atoms with E-state index in [9.17, 15) is 14.0 Å². The van der Waals surface area contributed by atoms with Gasteiger partial charge in [-0.25, -0.2) is 9.18 Å². The van der Waals surface area contributed by atoms with Crippen LogP contribution < -0.4 is 11.0 Å². The summed E-state index contributed by atoms with van der Waals surface area (Å²) in [6.07, 6.45) is 0.615. The Bertz CT molecular complexity index is 788. The number of H-pyrrole nitrogens is 1. The number of nitrogens with one attached hydrogen (secondary N) is 2. The van der Waals surface area contributed by atoms with Gasteiger partial charge >= 0.3 is 5.69 Å². The second kappa shape index (κ2) is 6.92. The first-order valence-corrected chi connectivity index (χ1v) is 7.76. The lowest BCUT2D eigenvalue weighted by atomic mass is 9.95. The van der Waals surface area contributed by atoms with Gasteiger partial charge in [0.25, 0.3) is 5.91 Å². The molecule has 0 saturated carbocycles. The highest BCUT2D eigenvalue weighted by atomic mass is 19.1. The number of halogens is 1. The van der Waals surface area contributed by atoms with Crippen LogP contribution in [-0.2, 0) is 4.74 Å². The van der Waals surface area contributed by atoms with Crippen LogP contribution in [-0.4, -0.2) is 29.0 Å². The van der Waals surface area contributed by atoms with Crippen molar-refractivity contribution in [3.8, 4) is 0 Å². The van der Waals surface area contributed by atoms with Crippen LogP contribution in [0.4, 0.5) is 4.39 Å². The van der Waals surface area contributed by atoms with E-state index in [1.165, 1.54) is 18.2 Å². The van der Waals surface area contributed by atoms with Crippen LogP contribution in [0.25, 0.3) is 0 Å². The number of aromatic nitrogens is 2. The second-order valence-electron chi connectivity index (χ2n) is 5.86. The average Bonchev–Trinajstić information content (AvgIpc) is 3.01. The summed E-state index contributed by atoms with van der Waals surface area (Å²) in [5, 5.41) is 2.80. The fraction of sp³-hybridized carbons (Fsp3) is 0.353. The number of rotatable bonds is 4. The molecule has 6 nitrogen and oxygen atoms in total. The van der Waals surface area contributed by atoms with Gasteiger partial charge in [-0.15, -0.1) is 0 Å². The molecule has 126 valence electrons. The Balaban J connectivity index is 1.65. The molecule has 2 atom stereocenters. The minimum atomic E-state index is -0.548. The topological polar surface area (TPSA) is 84.1 Å². The van der Waals surface area contributed by atoms with Crippen LogP contribution in [0.1, 0.15) is 34.3 Å². The van der Waals surface area contributed by atoms with Crippen molar-refractivity contribution < 1.29 is 13.9 Å². The zero-order valence-corrected chi connectivity index (χ0v) is 13.2. The van der Waals surface area contributed by atoms with Crippen LogP contribution in [0, 0.1) is 18.7 Å². The molecule has 2 heterocycles. The van der Waals surface area contributed by atoms with Crippen LogP contribution >= 0.6 is 0 Å². The molecule has 1 aromatic carbocycles. The number of hydrogen-bond donors (Lipinski definition) is 2. The Morgan fingerprint density at radius 2 is 2.17 bits per heavy atom. The minimum Gasteiger partial charge on any atom is -0.373 e. The van der Waals surface area contributed by atoms with Crippen molar-refractivity contribution in [3.05, 3.63) is 63.6 Å². The quantitative estimate of drug-likeness (QED) is 0.893. The van der Waals surface area contributed by atoms with E-state index in [0.717, 1.165) is 12.0 Å². The van der Waals surface area contributed by atoms with Gasteiger partial charge in [0.2, 0.25) is 0 Å². The van der Waals surface area contributed by atoms with E-state index in [1.807, 2.05) is 0 Å². The van der Waals surface area contributed by atoms with Gasteiger partial charge in [-0.3, -0.25) is 4.79 Å². The van der Waals surface area contributed by atoms with Crippen molar-refractivity contribution in [1.29, 1.82) is 0 Å². The molecule has 7 heteroatoms. The number of nitrogens with zero attached hydrogens (tertiary/aromatic N) is 1. The van der Waals surface area contributed by atoms with E-state index in [4.69, 9.17) is 4.74 Å². The lowest BCUT2D eigenvalue weighted by molar-refractivity contribution is 0.0843. The standard InChI is InChI=1S/C17H18FN3O3/c1-10-8-14(21-17(23)20-10)16(22)19-9-12-6-7-24-15(12)11-2-4-13(18)5-3-11/h2-5,8,12,15H,6-7,9H2,1H3,(H,19,22)(H,20,21,23)/t12-,15-/m0/s1. The maximum atomic E-state index is 13.0. The lowest BCUT2D eigenvalue weighted by Gasteiger charge is -2.19. The number of aryl methyl sites for hydroxylation is 1. The normalized spacial score (nSPS) is 20.1. The molecule has 24 heavy (non-hydrogen) atoms. The molecule has 0 spiro atoms. The maximum absolute atomic E-state index is 13.0. The summed E-state index contributed by atoms with van der Waals surface area (Å²) < 4.78 is 18.8. The first-order chi connectivity index (χ1) is 11.5. The highest BCUT2D eigenvalue weighted by molar-refractivity contribution is 5.92. The molecule has 0 bridgehead atoms. The van der Waals surface area contributed by atoms with Gasteiger partial charge in [-0.2, -0.15) is 4.98 Å². The zero-order chi connectivity index (χ0) is 17.1.